The van der Waals surface area contributed by atoms with Crippen molar-refractivity contribution >= 4 is 17.4 Å². The quantitative estimate of drug-likeness (QED) is 0.768. The minimum atomic E-state index is -0.807. The summed E-state index contributed by atoms with van der Waals surface area (Å²) in [5.74, 6) is -1.68. The number of ether oxygens (including phenoxy) is 1. The number of Topliss-reactive ketones (excluding diaryl/α,β-unsaturated/α-hetero) is 1. The van der Waals surface area contributed by atoms with Gasteiger partial charge >= 0.3 is 0 Å². The number of amides is 1. The van der Waals surface area contributed by atoms with Gasteiger partial charge in [-0.1, -0.05) is 0 Å². The van der Waals surface area contributed by atoms with Gasteiger partial charge in [0.25, 0.3) is 5.91 Å². The van der Waals surface area contributed by atoms with Crippen molar-refractivity contribution in [2.45, 2.75) is 6.92 Å². The van der Waals surface area contributed by atoms with Gasteiger partial charge in [-0.2, -0.15) is 0 Å². The summed E-state index contributed by atoms with van der Waals surface area (Å²) in [4.78, 5) is 21.7. The fraction of sp³-hybridized carbons (Fsp3) is 0.200. The summed E-state index contributed by atoms with van der Waals surface area (Å²) in [6, 6.07) is 3.65. The minimum absolute atomic E-state index is 0.137. The molecule has 0 saturated heterocycles. The molecule has 0 bridgehead atoms. The molecule has 0 atom stereocenters. The third-order valence-corrected chi connectivity index (χ3v) is 1.73. The number of carbonyl (C=O) groups is 2. The highest BCUT2D eigenvalue weighted by Crippen LogP contribution is 2.24. The number of benzene rings is 1. The molecule has 1 aromatic rings. The van der Waals surface area contributed by atoms with Gasteiger partial charge in [0, 0.05) is 13.0 Å². The molecule has 0 saturated carbocycles. The number of halogens is 1. The summed E-state index contributed by atoms with van der Waals surface area (Å²) in [5.41, 5.74) is 0.137. The van der Waals surface area contributed by atoms with E-state index >= 15 is 0 Å². The molecule has 0 aliphatic rings. The van der Waals surface area contributed by atoms with Crippen molar-refractivity contribution in [3.8, 4) is 5.75 Å². The highest BCUT2D eigenvalue weighted by molar-refractivity contribution is 6.39. The summed E-state index contributed by atoms with van der Waals surface area (Å²) in [7, 11) is 1.39. The van der Waals surface area contributed by atoms with E-state index in [0.717, 1.165) is 13.0 Å². The second-order valence-electron chi connectivity index (χ2n) is 2.85. The van der Waals surface area contributed by atoms with Gasteiger partial charge in [-0.15, -0.1) is 0 Å². The van der Waals surface area contributed by atoms with Gasteiger partial charge in [0.15, 0.2) is 0 Å². The number of carbonyl (C=O) groups excluding carboxylic acids is 2. The Hall–Kier alpha value is -1.91. The highest BCUT2D eigenvalue weighted by Gasteiger charge is 2.11. The van der Waals surface area contributed by atoms with Crippen molar-refractivity contribution in [1.29, 1.82) is 0 Å². The lowest BCUT2D eigenvalue weighted by Gasteiger charge is -2.08. The molecule has 1 aromatic carbocycles. The van der Waals surface area contributed by atoms with Gasteiger partial charge in [0.05, 0.1) is 12.8 Å². The molecule has 5 heteroatoms. The Bertz CT molecular complexity index is 404. The second-order valence-corrected chi connectivity index (χ2v) is 2.85. The van der Waals surface area contributed by atoms with Crippen LogP contribution in [0.3, 0.4) is 0 Å². The Morgan fingerprint density at radius 2 is 2.07 bits per heavy atom. The van der Waals surface area contributed by atoms with E-state index in [0.29, 0.717) is 5.75 Å². The molecule has 1 rings (SSSR count). The number of ketones is 1. The molecule has 0 unspecified atom stereocenters. The van der Waals surface area contributed by atoms with Crippen LogP contribution in [-0.4, -0.2) is 18.8 Å². The molecule has 15 heavy (non-hydrogen) atoms. The molecule has 80 valence electrons. The van der Waals surface area contributed by atoms with Gasteiger partial charge in [0.2, 0.25) is 5.78 Å². The van der Waals surface area contributed by atoms with Crippen molar-refractivity contribution in [1.82, 2.24) is 0 Å². The maximum atomic E-state index is 12.8. The van der Waals surface area contributed by atoms with Crippen molar-refractivity contribution < 1.29 is 18.7 Å². The molecule has 0 spiro atoms. The Labute approximate surface area is 86.0 Å². The largest absolute Gasteiger partial charge is 0.495 e. The zero-order valence-corrected chi connectivity index (χ0v) is 8.33. The molecule has 0 fully saturated rings. The number of methoxy groups -OCH3 is 1. The van der Waals surface area contributed by atoms with Gasteiger partial charge in [-0.25, -0.2) is 4.39 Å². The van der Waals surface area contributed by atoms with E-state index in [-0.39, 0.29) is 5.69 Å². The van der Waals surface area contributed by atoms with E-state index in [1.165, 1.54) is 19.2 Å². The van der Waals surface area contributed by atoms with Crippen molar-refractivity contribution in [2.24, 2.45) is 0 Å². The molecule has 1 N–H and O–H groups in total. The van der Waals surface area contributed by atoms with Gasteiger partial charge in [-0.05, 0) is 12.1 Å². The number of rotatable bonds is 3. The van der Waals surface area contributed by atoms with E-state index in [9.17, 15) is 14.0 Å². The summed E-state index contributed by atoms with van der Waals surface area (Å²) in [5, 5.41) is 2.25. The first kappa shape index (κ1) is 11.2. The molecular formula is C10H10FNO3. The second kappa shape index (κ2) is 4.54. The maximum Gasteiger partial charge on any atom is 0.291 e. The van der Waals surface area contributed by atoms with Crippen LogP contribution < -0.4 is 10.1 Å². The molecule has 0 aliphatic carbocycles. The normalized spacial score (nSPS) is 9.53. The average Bonchev–Trinajstić information content (AvgIpc) is 2.18. The molecular weight excluding hydrogens is 201 g/mol. The van der Waals surface area contributed by atoms with Crippen LogP contribution in [0.15, 0.2) is 18.2 Å². The number of anilines is 1. The average molecular weight is 211 g/mol. The summed E-state index contributed by atoms with van der Waals surface area (Å²) in [6.45, 7) is 1.13. The van der Waals surface area contributed by atoms with Crippen LogP contribution in [0.4, 0.5) is 10.1 Å². The Balaban J connectivity index is 2.97. The SMILES string of the molecule is COc1ccc(F)cc1NC(=O)C(C)=O. The lowest BCUT2D eigenvalue weighted by molar-refractivity contribution is -0.133. The Morgan fingerprint density at radius 1 is 1.40 bits per heavy atom. The first-order chi connectivity index (χ1) is 7.04. The minimum Gasteiger partial charge on any atom is -0.495 e. The monoisotopic (exact) mass is 211 g/mol. The van der Waals surface area contributed by atoms with Crippen LogP contribution in [0.5, 0.6) is 5.75 Å². The summed E-state index contributed by atoms with van der Waals surface area (Å²) < 4.78 is 17.7. The first-order valence-electron chi connectivity index (χ1n) is 4.20. The lowest BCUT2D eigenvalue weighted by Crippen LogP contribution is -2.20. The van der Waals surface area contributed by atoms with Gasteiger partial charge in [-0.3, -0.25) is 9.59 Å². The molecule has 0 radical (unpaired) electrons. The third kappa shape index (κ3) is 2.77. The standard InChI is InChI=1S/C10H10FNO3/c1-6(13)10(14)12-8-5-7(11)3-4-9(8)15-2/h3-5H,1-2H3,(H,12,14). The number of hydrogen-bond donors (Lipinski definition) is 1. The predicted octanol–water partition coefficient (Wildman–Crippen LogP) is 1.36. The molecule has 0 aliphatic heterocycles. The smallest absolute Gasteiger partial charge is 0.291 e. The van der Waals surface area contributed by atoms with Crippen LogP contribution in [-0.2, 0) is 9.59 Å². The fourth-order valence-corrected chi connectivity index (χ4v) is 0.988. The summed E-state index contributed by atoms with van der Waals surface area (Å²) >= 11 is 0. The first-order valence-corrected chi connectivity index (χ1v) is 4.20. The van der Waals surface area contributed by atoms with Crippen LogP contribution >= 0.6 is 0 Å². The fourth-order valence-electron chi connectivity index (χ4n) is 0.988. The van der Waals surface area contributed by atoms with Crippen LogP contribution in [0, 0.1) is 5.82 Å². The number of nitrogens with one attached hydrogen (secondary N) is 1. The topological polar surface area (TPSA) is 55.4 Å². The van der Waals surface area contributed by atoms with Gasteiger partial charge < -0.3 is 10.1 Å². The van der Waals surface area contributed by atoms with Crippen molar-refractivity contribution in [3.05, 3.63) is 24.0 Å². The third-order valence-electron chi connectivity index (χ3n) is 1.73. The van der Waals surface area contributed by atoms with E-state index in [1.54, 1.807) is 0 Å². The highest BCUT2D eigenvalue weighted by atomic mass is 19.1. The van der Waals surface area contributed by atoms with E-state index < -0.39 is 17.5 Å². The zero-order valence-electron chi connectivity index (χ0n) is 8.33. The Morgan fingerprint density at radius 3 is 2.60 bits per heavy atom. The van der Waals surface area contributed by atoms with Crippen LogP contribution in [0.2, 0.25) is 0 Å². The predicted molar refractivity (Wildman–Crippen MR) is 52.3 cm³/mol. The summed E-state index contributed by atoms with van der Waals surface area (Å²) in [6.07, 6.45) is 0. The van der Waals surface area contributed by atoms with Crippen molar-refractivity contribution in [2.75, 3.05) is 12.4 Å². The van der Waals surface area contributed by atoms with E-state index in [2.05, 4.69) is 5.32 Å². The Kier molecular flexibility index (Phi) is 3.38. The zero-order chi connectivity index (χ0) is 11.4. The molecule has 1 amide bonds. The molecule has 4 nitrogen and oxygen atoms in total. The maximum absolute atomic E-state index is 12.8. The van der Waals surface area contributed by atoms with Gasteiger partial charge in [0.1, 0.15) is 11.6 Å². The number of hydrogen-bond acceptors (Lipinski definition) is 3. The molecule has 0 heterocycles. The van der Waals surface area contributed by atoms with Crippen molar-refractivity contribution in [3.63, 3.8) is 0 Å². The van der Waals surface area contributed by atoms with E-state index in [1.807, 2.05) is 0 Å². The molecule has 0 aromatic heterocycles. The van der Waals surface area contributed by atoms with Crippen LogP contribution in [0.1, 0.15) is 6.92 Å². The van der Waals surface area contributed by atoms with E-state index in [4.69, 9.17) is 4.74 Å². The lowest BCUT2D eigenvalue weighted by atomic mass is 10.2. The van der Waals surface area contributed by atoms with Crippen LogP contribution in [0.25, 0.3) is 0 Å².